The summed E-state index contributed by atoms with van der Waals surface area (Å²) in [6.07, 6.45) is -2.54. The molecule has 90 valence electrons. The molecule has 2 rings (SSSR count). The summed E-state index contributed by atoms with van der Waals surface area (Å²) in [5.41, 5.74) is -1.58. The lowest BCUT2D eigenvalue weighted by Crippen LogP contribution is -2.18. The summed E-state index contributed by atoms with van der Waals surface area (Å²) >= 11 is 1.03. The maximum Gasteiger partial charge on any atom is 0.434 e. The van der Waals surface area contributed by atoms with Gasteiger partial charge in [-0.3, -0.25) is 0 Å². The summed E-state index contributed by atoms with van der Waals surface area (Å²) in [6, 6.07) is 0. The van der Waals surface area contributed by atoms with E-state index in [2.05, 4.69) is 4.98 Å². The molecule has 1 fully saturated rings. The van der Waals surface area contributed by atoms with E-state index in [1.807, 2.05) is 0 Å². The summed E-state index contributed by atoms with van der Waals surface area (Å²) in [4.78, 5) is 3.61. The van der Waals surface area contributed by atoms with Gasteiger partial charge in [0.15, 0.2) is 5.69 Å². The van der Waals surface area contributed by atoms with Gasteiger partial charge in [-0.1, -0.05) is 0 Å². The number of alkyl halides is 3. The van der Waals surface area contributed by atoms with Gasteiger partial charge < -0.3 is 5.11 Å². The Hall–Kier alpha value is -0.620. The molecule has 1 aromatic rings. The molecular formula is C10H12F3NOS. The van der Waals surface area contributed by atoms with Crippen LogP contribution in [0.15, 0.2) is 5.38 Å². The monoisotopic (exact) mass is 251 g/mol. The van der Waals surface area contributed by atoms with Gasteiger partial charge in [-0.05, 0) is 26.2 Å². The molecule has 0 amide bonds. The third-order valence-corrected chi connectivity index (χ3v) is 3.89. The molecule has 0 saturated heterocycles. The highest BCUT2D eigenvalue weighted by Gasteiger charge is 2.38. The molecule has 1 aromatic heterocycles. The van der Waals surface area contributed by atoms with Crippen molar-refractivity contribution in [1.29, 1.82) is 0 Å². The van der Waals surface area contributed by atoms with Gasteiger partial charge in [0.2, 0.25) is 0 Å². The Kier molecular flexibility index (Phi) is 2.74. The molecule has 0 spiro atoms. The fourth-order valence-corrected chi connectivity index (χ4v) is 3.00. The molecule has 1 saturated carbocycles. The van der Waals surface area contributed by atoms with Crippen LogP contribution in [0, 0.1) is 0 Å². The van der Waals surface area contributed by atoms with E-state index in [9.17, 15) is 18.3 Å². The molecule has 1 aliphatic carbocycles. The SMILES string of the molecule is CC1(O)CCC(c2nc(C(F)(F)F)cs2)C1. The van der Waals surface area contributed by atoms with Gasteiger partial charge in [0.1, 0.15) is 0 Å². The van der Waals surface area contributed by atoms with Crippen LogP contribution in [-0.2, 0) is 6.18 Å². The second-order valence-corrected chi connectivity index (χ2v) is 5.40. The first-order valence-corrected chi connectivity index (χ1v) is 5.91. The van der Waals surface area contributed by atoms with Crippen molar-refractivity contribution in [2.75, 3.05) is 0 Å². The molecule has 1 heterocycles. The van der Waals surface area contributed by atoms with Crippen LogP contribution in [0.4, 0.5) is 13.2 Å². The van der Waals surface area contributed by atoms with Crippen molar-refractivity contribution in [3.63, 3.8) is 0 Å². The zero-order valence-electron chi connectivity index (χ0n) is 8.71. The number of halogens is 3. The summed E-state index contributed by atoms with van der Waals surface area (Å²) in [5, 5.41) is 11.3. The van der Waals surface area contributed by atoms with Gasteiger partial charge in [-0.2, -0.15) is 13.2 Å². The van der Waals surface area contributed by atoms with E-state index in [-0.39, 0.29) is 5.92 Å². The van der Waals surface area contributed by atoms with E-state index in [1.165, 1.54) is 0 Å². The fraction of sp³-hybridized carbons (Fsp3) is 0.700. The van der Waals surface area contributed by atoms with Crippen molar-refractivity contribution in [3.8, 4) is 0 Å². The lowest BCUT2D eigenvalue weighted by molar-refractivity contribution is -0.140. The summed E-state index contributed by atoms with van der Waals surface area (Å²) in [7, 11) is 0. The van der Waals surface area contributed by atoms with E-state index in [0.29, 0.717) is 24.3 Å². The molecule has 2 unspecified atom stereocenters. The lowest BCUT2D eigenvalue weighted by atomic mass is 10.0. The molecule has 16 heavy (non-hydrogen) atoms. The van der Waals surface area contributed by atoms with Gasteiger partial charge in [0, 0.05) is 11.3 Å². The molecule has 2 atom stereocenters. The maximum absolute atomic E-state index is 12.3. The van der Waals surface area contributed by atoms with E-state index < -0.39 is 17.5 Å². The zero-order valence-corrected chi connectivity index (χ0v) is 9.53. The van der Waals surface area contributed by atoms with Crippen LogP contribution in [0.2, 0.25) is 0 Å². The van der Waals surface area contributed by atoms with Gasteiger partial charge >= 0.3 is 6.18 Å². The topological polar surface area (TPSA) is 33.1 Å². The molecular weight excluding hydrogens is 239 g/mol. The third kappa shape index (κ3) is 2.38. The van der Waals surface area contributed by atoms with Crippen LogP contribution in [0.1, 0.15) is 42.8 Å². The van der Waals surface area contributed by atoms with Crippen molar-refractivity contribution in [2.24, 2.45) is 0 Å². The predicted octanol–water partition coefficient (Wildman–Crippen LogP) is 3.18. The average molecular weight is 251 g/mol. The molecule has 6 heteroatoms. The van der Waals surface area contributed by atoms with Crippen LogP contribution >= 0.6 is 11.3 Å². The minimum absolute atomic E-state index is 0.0314. The molecule has 0 aliphatic heterocycles. The van der Waals surface area contributed by atoms with Crippen molar-refractivity contribution in [3.05, 3.63) is 16.1 Å². The van der Waals surface area contributed by atoms with Crippen LogP contribution < -0.4 is 0 Å². The number of hydrogen-bond donors (Lipinski definition) is 1. The highest BCUT2D eigenvalue weighted by atomic mass is 32.1. The molecule has 0 aromatic carbocycles. The maximum atomic E-state index is 12.3. The van der Waals surface area contributed by atoms with Crippen molar-refractivity contribution >= 4 is 11.3 Å². The van der Waals surface area contributed by atoms with Gasteiger partial charge in [-0.25, -0.2) is 4.98 Å². The Labute approximate surface area is 95.1 Å². The van der Waals surface area contributed by atoms with Crippen molar-refractivity contribution in [2.45, 2.75) is 43.9 Å². The van der Waals surface area contributed by atoms with E-state index >= 15 is 0 Å². The van der Waals surface area contributed by atoms with E-state index in [4.69, 9.17) is 0 Å². The van der Waals surface area contributed by atoms with Crippen LogP contribution in [0.5, 0.6) is 0 Å². The summed E-state index contributed by atoms with van der Waals surface area (Å²) < 4.78 is 37.0. The van der Waals surface area contributed by atoms with Crippen LogP contribution in [0.3, 0.4) is 0 Å². The minimum atomic E-state index is -4.37. The second-order valence-electron chi connectivity index (χ2n) is 4.51. The first-order chi connectivity index (χ1) is 7.28. The van der Waals surface area contributed by atoms with Crippen molar-refractivity contribution < 1.29 is 18.3 Å². The molecule has 2 nitrogen and oxygen atoms in total. The highest BCUT2D eigenvalue weighted by molar-refractivity contribution is 7.09. The Morgan fingerprint density at radius 1 is 1.56 bits per heavy atom. The van der Waals surface area contributed by atoms with Crippen molar-refractivity contribution in [1.82, 2.24) is 4.98 Å². The molecule has 0 bridgehead atoms. The highest BCUT2D eigenvalue weighted by Crippen LogP contribution is 2.42. The number of rotatable bonds is 1. The first kappa shape index (κ1) is 11.9. The zero-order chi connectivity index (χ0) is 12.0. The first-order valence-electron chi connectivity index (χ1n) is 5.03. The Morgan fingerprint density at radius 2 is 2.25 bits per heavy atom. The number of thiazole rings is 1. The predicted molar refractivity (Wildman–Crippen MR) is 54.3 cm³/mol. The standard InChI is InChI=1S/C10H12F3NOS/c1-9(15)3-2-6(4-9)8-14-7(5-16-8)10(11,12)13/h5-6,15H,2-4H2,1H3. The normalized spacial score (nSPS) is 30.9. The average Bonchev–Trinajstić information content (AvgIpc) is 2.68. The van der Waals surface area contributed by atoms with Gasteiger partial charge in [-0.15, -0.1) is 11.3 Å². The van der Waals surface area contributed by atoms with Crippen LogP contribution in [-0.4, -0.2) is 15.7 Å². The molecule has 1 N–H and O–H groups in total. The van der Waals surface area contributed by atoms with E-state index in [0.717, 1.165) is 16.7 Å². The second kappa shape index (κ2) is 3.70. The number of aliphatic hydroxyl groups is 1. The van der Waals surface area contributed by atoms with Gasteiger partial charge in [0.25, 0.3) is 0 Å². The van der Waals surface area contributed by atoms with Crippen LogP contribution in [0.25, 0.3) is 0 Å². The number of hydrogen-bond acceptors (Lipinski definition) is 3. The Bertz CT molecular complexity index is 386. The number of aromatic nitrogens is 1. The molecule has 0 radical (unpaired) electrons. The summed E-state index contributed by atoms with van der Waals surface area (Å²) in [6.45, 7) is 1.71. The minimum Gasteiger partial charge on any atom is -0.390 e. The smallest absolute Gasteiger partial charge is 0.390 e. The lowest BCUT2D eigenvalue weighted by Gasteiger charge is -2.14. The Balaban J connectivity index is 2.15. The molecule has 1 aliphatic rings. The quantitative estimate of drug-likeness (QED) is 0.831. The van der Waals surface area contributed by atoms with E-state index in [1.54, 1.807) is 6.92 Å². The van der Waals surface area contributed by atoms with Gasteiger partial charge in [0.05, 0.1) is 10.6 Å². The third-order valence-electron chi connectivity index (χ3n) is 2.88. The largest absolute Gasteiger partial charge is 0.434 e. The Morgan fingerprint density at radius 3 is 2.69 bits per heavy atom. The fourth-order valence-electron chi connectivity index (χ4n) is 2.04. The summed E-state index contributed by atoms with van der Waals surface area (Å²) in [5.74, 6) is -0.0314. The number of nitrogens with zero attached hydrogens (tertiary/aromatic N) is 1.